The number of halogens is 3. The molecule has 3 aromatic rings. The number of nitrogens with two attached hydrogens (primary N) is 1. The predicted molar refractivity (Wildman–Crippen MR) is 84.0 cm³/mol. The monoisotopic (exact) mass is 334 g/mol. The number of anilines is 2. The van der Waals surface area contributed by atoms with E-state index in [1.165, 1.54) is 18.3 Å². The van der Waals surface area contributed by atoms with Gasteiger partial charge in [0.2, 0.25) is 0 Å². The fourth-order valence-electron chi connectivity index (χ4n) is 2.61. The summed E-state index contributed by atoms with van der Waals surface area (Å²) in [5.41, 5.74) is 6.01. The zero-order valence-electron chi connectivity index (χ0n) is 12.6. The van der Waals surface area contributed by atoms with Crippen LogP contribution in [0.2, 0.25) is 0 Å². The topological polar surface area (TPSA) is 72.9 Å². The highest BCUT2D eigenvalue weighted by atomic mass is 19.4. The third-order valence-electron chi connectivity index (χ3n) is 3.70. The Hall–Kier alpha value is -3.03. The van der Waals surface area contributed by atoms with Crippen molar-refractivity contribution in [2.75, 3.05) is 5.32 Å². The number of aryl methyl sites for hydroxylation is 1. The molecule has 1 amide bonds. The molecule has 1 aromatic carbocycles. The first-order valence-corrected chi connectivity index (χ1v) is 6.95. The van der Waals surface area contributed by atoms with Crippen LogP contribution in [0.5, 0.6) is 0 Å². The molecule has 3 N–H and O–H groups in total. The van der Waals surface area contributed by atoms with E-state index >= 15 is 0 Å². The van der Waals surface area contributed by atoms with Gasteiger partial charge in [0.05, 0.1) is 23.0 Å². The highest BCUT2D eigenvalue weighted by Gasteiger charge is 2.30. The summed E-state index contributed by atoms with van der Waals surface area (Å²) >= 11 is 0. The fraction of sp³-hybridized carbons (Fsp3) is 0.125. The molecule has 0 radical (unpaired) electrons. The number of amides is 1. The quantitative estimate of drug-likeness (QED) is 0.771. The molecule has 8 heteroatoms. The van der Waals surface area contributed by atoms with Crippen LogP contribution in [-0.4, -0.2) is 15.5 Å². The number of carbonyl (C=O) groups is 1. The van der Waals surface area contributed by atoms with Crippen LogP contribution in [0.25, 0.3) is 10.9 Å². The highest BCUT2D eigenvalue weighted by molar-refractivity contribution is 6.09. The minimum Gasteiger partial charge on any atom is -0.364 e. The molecule has 2 aromatic heterocycles. The average Bonchev–Trinajstić information content (AvgIpc) is 2.80. The van der Waals surface area contributed by atoms with E-state index < -0.39 is 17.6 Å². The Morgan fingerprint density at radius 3 is 2.71 bits per heavy atom. The summed E-state index contributed by atoms with van der Waals surface area (Å²) in [7, 11) is 1.64. The number of fused-ring (bicyclic) bond motifs is 1. The van der Waals surface area contributed by atoms with E-state index in [9.17, 15) is 18.0 Å². The number of rotatable bonds is 3. The number of carbonyl (C=O) groups excluding carboxylic acids is 1. The lowest BCUT2D eigenvalue weighted by Gasteiger charge is -2.11. The summed E-state index contributed by atoms with van der Waals surface area (Å²) in [6.45, 7) is 0. The van der Waals surface area contributed by atoms with E-state index in [1.807, 2.05) is 0 Å². The maximum Gasteiger partial charge on any atom is 0.416 e. The van der Waals surface area contributed by atoms with Crippen LogP contribution in [0, 0.1) is 0 Å². The number of benzene rings is 1. The lowest BCUT2D eigenvalue weighted by molar-refractivity contribution is -0.137. The summed E-state index contributed by atoms with van der Waals surface area (Å²) in [5, 5.41) is 3.52. The SMILES string of the molecule is Cn1c(C(N)=O)c(Nc2cccc(C(F)(F)F)c2)c2ccncc21. The van der Waals surface area contributed by atoms with Crippen LogP contribution in [0.3, 0.4) is 0 Å². The number of hydrogen-bond acceptors (Lipinski definition) is 3. The summed E-state index contributed by atoms with van der Waals surface area (Å²) in [4.78, 5) is 15.8. The van der Waals surface area contributed by atoms with E-state index in [0.29, 0.717) is 16.6 Å². The fourth-order valence-corrected chi connectivity index (χ4v) is 2.61. The molecule has 5 nitrogen and oxygen atoms in total. The molecule has 0 saturated carbocycles. The van der Waals surface area contributed by atoms with Gasteiger partial charge in [-0.05, 0) is 24.3 Å². The number of hydrogen-bond donors (Lipinski definition) is 2. The van der Waals surface area contributed by atoms with Crippen molar-refractivity contribution < 1.29 is 18.0 Å². The third kappa shape index (κ3) is 2.66. The second-order valence-corrected chi connectivity index (χ2v) is 5.24. The molecule has 0 saturated heterocycles. The average molecular weight is 334 g/mol. The van der Waals surface area contributed by atoms with E-state index in [1.54, 1.807) is 23.9 Å². The lowest BCUT2D eigenvalue weighted by Crippen LogP contribution is -2.17. The van der Waals surface area contributed by atoms with Crippen molar-refractivity contribution in [2.45, 2.75) is 6.18 Å². The Labute approximate surface area is 134 Å². The number of pyridine rings is 1. The van der Waals surface area contributed by atoms with Crippen LogP contribution in [0.15, 0.2) is 42.7 Å². The van der Waals surface area contributed by atoms with Crippen LogP contribution >= 0.6 is 0 Å². The molecule has 0 aliphatic rings. The van der Waals surface area contributed by atoms with Crippen LogP contribution in [0.4, 0.5) is 24.5 Å². The molecule has 24 heavy (non-hydrogen) atoms. The van der Waals surface area contributed by atoms with Gasteiger partial charge < -0.3 is 15.6 Å². The highest BCUT2D eigenvalue weighted by Crippen LogP contribution is 2.34. The molecule has 0 atom stereocenters. The van der Waals surface area contributed by atoms with Crippen LogP contribution in [-0.2, 0) is 13.2 Å². The van der Waals surface area contributed by atoms with Gasteiger partial charge >= 0.3 is 6.18 Å². The van der Waals surface area contributed by atoms with Gasteiger partial charge in [-0.15, -0.1) is 0 Å². The lowest BCUT2D eigenvalue weighted by atomic mass is 10.1. The van der Waals surface area contributed by atoms with Gasteiger partial charge in [0.25, 0.3) is 5.91 Å². The maximum absolute atomic E-state index is 12.9. The zero-order valence-corrected chi connectivity index (χ0v) is 12.6. The summed E-state index contributed by atoms with van der Waals surface area (Å²) < 4.78 is 40.1. The van der Waals surface area contributed by atoms with Crippen molar-refractivity contribution >= 4 is 28.2 Å². The van der Waals surface area contributed by atoms with Crippen molar-refractivity contribution in [3.8, 4) is 0 Å². The van der Waals surface area contributed by atoms with E-state index in [0.717, 1.165) is 12.1 Å². The molecule has 2 heterocycles. The Morgan fingerprint density at radius 1 is 1.29 bits per heavy atom. The Kier molecular flexibility index (Phi) is 3.67. The normalized spacial score (nSPS) is 11.7. The minimum absolute atomic E-state index is 0.162. The third-order valence-corrected chi connectivity index (χ3v) is 3.70. The van der Waals surface area contributed by atoms with Gasteiger partial charge in [0, 0.05) is 24.3 Å². The molecule has 0 spiro atoms. The van der Waals surface area contributed by atoms with Gasteiger partial charge in [0.15, 0.2) is 0 Å². The van der Waals surface area contributed by atoms with Crippen LogP contribution < -0.4 is 11.1 Å². The van der Waals surface area contributed by atoms with Crippen molar-refractivity contribution in [1.29, 1.82) is 0 Å². The number of aromatic nitrogens is 2. The summed E-state index contributed by atoms with van der Waals surface area (Å²) in [6.07, 6.45) is -1.36. The molecule has 0 unspecified atom stereocenters. The largest absolute Gasteiger partial charge is 0.416 e. The minimum atomic E-state index is -4.45. The Balaban J connectivity index is 2.14. The second kappa shape index (κ2) is 5.55. The first-order chi connectivity index (χ1) is 11.3. The van der Waals surface area contributed by atoms with Crippen molar-refractivity contribution in [3.05, 3.63) is 54.0 Å². The first-order valence-electron chi connectivity index (χ1n) is 6.95. The van der Waals surface area contributed by atoms with Gasteiger partial charge in [-0.3, -0.25) is 9.78 Å². The Morgan fingerprint density at radius 2 is 2.04 bits per heavy atom. The summed E-state index contributed by atoms with van der Waals surface area (Å²) in [6, 6.07) is 6.40. The number of primary amides is 1. The zero-order chi connectivity index (χ0) is 17.5. The van der Waals surface area contributed by atoms with E-state index in [-0.39, 0.29) is 11.4 Å². The van der Waals surface area contributed by atoms with Gasteiger partial charge in [-0.2, -0.15) is 13.2 Å². The van der Waals surface area contributed by atoms with Crippen molar-refractivity contribution in [1.82, 2.24) is 9.55 Å². The molecular weight excluding hydrogens is 321 g/mol. The van der Waals surface area contributed by atoms with Gasteiger partial charge in [-0.25, -0.2) is 0 Å². The van der Waals surface area contributed by atoms with E-state index in [2.05, 4.69) is 10.3 Å². The van der Waals surface area contributed by atoms with Crippen LogP contribution in [0.1, 0.15) is 16.1 Å². The Bertz CT molecular complexity index is 931. The molecule has 0 bridgehead atoms. The van der Waals surface area contributed by atoms with Crippen molar-refractivity contribution in [3.63, 3.8) is 0 Å². The number of nitrogens with zero attached hydrogens (tertiary/aromatic N) is 2. The van der Waals surface area contributed by atoms with Gasteiger partial charge in [0.1, 0.15) is 5.69 Å². The summed E-state index contributed by atoms with van der Waals surface area (Å²) in [5.74, 6) is -0.692. The molecule has 124 valence electrons. The van der Waals surface area contributed by atoms with Crippen molar-refractivity contribution in [2.24, 2.45) is 12.8 Å². The number of nitrogens with one attached hydrogen (secondary N) is 1. The second-order valence-electron chi connectivity index (χ2n) is 5.24. The van der Waals surface area contributed by atoms with Gasteiger partial charge in [-0.1, -0.05) is 6.07 Å². The first kappa shape index (κ1) is 15.9. The molecule has 0 fully saturated rings. The molecule has 0 aliphatic carbocycles. The molecule has 3 rings (SSSR count). The molecule has 0 aliphatic heterocycles. The predicted octanol–water partition coefficient (Wildman–Crippen LogP) is 3.43. The molecular formula is C16H13F3N4O. The van der Waals surface area contributed by atoms with E-state index in [4.69, 9.17) is 5.73 Å². The standard InChI is InChI=1S/C16H13F3N4O/c1-23-12-8-21-6-5-11(12)13(14(23)15(20)24)22-10-4-2-3-9(7-10)16(17,18)19/h2-8,22H,1H3,(H2,20,24). The maximum atomic E-state index is 12.9. The smallest absolute Gasteiger partial charge is 0.364 e. The number of alkyl halides is 3.